The second kappa shape index (κ2) is 9.62. The molecule has 0 radical (unpaired) electrons. The summed E-state index contributed by atoms with van der Waals surface area (Å²) in [7, 11) is 3.39. The number of nitrogens with zero attached hydrogens (tertiary/aromatic N) is 2. The molecule has 3 rings (SSSR count). The van der Waals surface area contributed by atoms with Crippen LogP contribution in [-0.2, 0) is 11.2 Å². The Kier molecular flexibility index (Phi) is 6.95. The molecule has 150 valence electrons. The van der Waals surface area contributed by atoms with Crippen LogP contribution < -0.4 is 5.32 Å². The number of carbonyl (C=O) groups excluding carboxylic acids is 2. The highest BCUT2D eigenvalue weighted by atomic mass is 35.5. The summed E-state index contributed by atoms with van der Waals surface area (Å²) in [6, 6.07) is 14.5. The van der Waals surface area contributed by atoms with Gasteiger partial charge in [0.1, 0.15) is 0 Å². The van der Waals surface area contributed by atoms with Crippen LogP contribution in [0.5, 0.6) is 0 Å². The Bertz CT molecular complexity index is 1020. The smallest absolute Gasteiger partial charge is 0.285 e. The van der Waals surface area contributed by atoms with E-state index in [0.717, 1.165) is 22.2 Å². The molecule has 6 nitrogen and oxygen atoms in total. The molecule has 1 heterocycles. The van der Waals surface area contributed by atoms with Gasteiger partial charge in [0, 0.05) is 43.1 Å². The van der Waals surface area contributed by atoms with Gasteiger partial charge in [-0.15, -0.1) is 0 Å². The SMILES string of the molecule is CN(C)C(=O)Sc1cccc(NC(=O)CCc2ncc(-c3ccccc3Cl)o2)c1. The molecule has 0 aliphatic heterocycles. The van der Waals surface area contributed by atoms with Crippen molar-refractivity contribution in [3.63, 3.8) is 0 Å². The summed E-state index contributed by atoms with van der Waals surface area (Å²) in [5, 5.41) is 3.34. The average molecular weight is 430 g/mol. The quantitative estimate of drug-likeness (QED) is 0.535. The third-order valence-corrected chi connectivity index (χ3v) is 5.31. The zero-order chi connectivity index (χ0) is 20.8. The fraction of sp³-hybridized carbons (Fsp3) is 0.190. The molecule has 0 spiro atoms. The number of halogens is 1. The van der Waals surface area contributed by atoms with Gasteiger partial charge in [-0.05, 0) is 42.1 Å². The minimum absolute atomic E-state index is 0.0771. The lowest BCUT2D eigenvalue weighted by Crippen LogP contribution is -2.16. The standard InChI is InChI=1S/C21H20ClN3O3S/c1-25(2)21(27)29-15-7-5-6-14(12-15)24-19(26)10-11-20-23-13-18(28-20)16-8-3-4-9-17(16)22/h3-9,12-13H,10-11H2,1-2H3,(H,24,26). The summed E-state index contributed by atoms with van der Waals surface area (Å²) >= 11 is 7.27. The van der Waals surface area contributed by atoms with Crippen LogP contribution >= 0.6 is 23.4 Å². The molecule has 1 aromatic heterocycles. The van der Waals surface area contributed by atoms with Gasteiger partial charge in [-0.25, -0.2) is 4.98 Å². The van der Waals surface area contributed by atoms with Gasteiger partial charge in [0.05, 0.1) is 11.2 Å². The zero-order valence-corrected chi connectivity index (χ0v) is 17.6. The predicted molar refractivity (Wildman–Crippen MR) is 115 cm³/mol. The van der Waals surface area contributed by atoms with Crippen LogP contribution in [0.1, 0.15) is 12.3 Å². The van der Waals surface area contributed by atoms with Gasteiger partial charge in [0.25, 0.3) is 5.24 Å². The molecule has 0 saturated heterocycles. The van der Waals surface area contributed by atoms with Crippen molar-refractivity contribution in [1.82, 2.24) is 9.88 Å². The maximum absolute atomic E-state index is 12.3. The third kappa shape index (κ3) is 5.85. The van der Waals surface area contributed by atoms with Crippen LogP contribution in [0.2, 0.25) is 5.02 Å². The molecule has 0 aliphatic rings. The Morgan fingerprint density at radius 3 is 2.72 bits per heavy atom. The lowest BCUT2D eigenvalue weighted by Gasteiger charge is -2.10. The average Bonchev–Trinajstić information content (AvgIpc) is 3.16. The zero-order valence-electron chi connectivity index (χ0n) is 16.0. The van der Waals surface area contributed by atoms with Gasteiger partial charge in [-0.1, -0.05) is 29.8 Å². The van der Waals surface area contributed by atoms with E-state index in [1.807, 2.05) is 24.3 Å². The Morgan fingerprint density at radius 2 is 1.97 bits per heavy atom. The van der Waals surface area contributed by atoms with E-state index in [9.17, 15) is 9.59 Å². The largest absolute Gasteiger partial charge is 0.441 e. The maximum atomic E-state index is 12.3. The number of benzene rings is 2. The molecule has 29 heavy (non-hydrogen) atoms. The summed E-state index contributed by atoms with van der Waals surface area (Å²) in [6.07, 6.45) is 2.19. The van der Waals surface area contributed by atoms with Gasteiger partial charge in [-0.3, -0.25) is 9.59 Å². The van der Waals surface area contributed by atoms with Crippen LogP contribution in [0, 0.1) is 0 Å². The number of thioether (sulfide) groups is 1. The lowest BCUT2D eigenvalue weighted by atomic mass is 10.2. The predicted octanol–water partition coefficient (Wildman–Crippen LogP) is 5.34. The number of hydrogen-bond donors (Lipinski definition) is 1. The van der Waals surface area contributed by atoms with Crippen LogP contribution in [0.15, 0.2) is 64.0 Å². The molecule has 2 amide bonds. The molecular weight excluding hydrogens is 410 g/mol. The number of aryl methyl sites for hydroxylation is 1. The van der Waals surface area contributed by atoms with Crippen molar-refractivity contribution in [2.75, 3.05) is 19.4 Å². The molecule has 0 saturated carbocycles. The van der Waals surface area contributed by atoms with E-state index in [-0.39, 0.29) is 17.6 Å². The topological polar surface area (TPSA) is 75.4 Å². The van der Waals surface area contributed by atoms with Gasteiger partial charge < -0.3 is 14.6 Å². The van der Waals surface area contributed by atoms with Crippen molar-refractivity contribution in [3.05, 3.63) is 65.6 Å². The van der Waals surface area contributed by atoms with Crippen molar-refractivity contribution >= 4 is 40.2 Å². The van der Waals surface area contributed by atoms with E-state index in [4.69, 9.17) is 16.0 Å². The number of hydrogen-bond acceptors (Lipinski definition) is 5. The summed E-state index contributed by atoms with van der Waals surface area (Å²) in [5.74, 6) is 0.876. The van der Waals surface area contributed by atoms with E-state index in [0.29, 0.717) is 28.8 Å². The van der Waals surface area contributed by atoms with E-state index in [1.165, 1.54) is 4.90 Å². The van der Waals surface area contributed by atoms with Gasteiger partial charge in [-0.2, -0.15) is 0 Å². The lowest BCUT2D eigenvalue weighted by molar-refractivity contribution is -0.116. The number of anilines is 1. The molecule has 3 aromatic rings. The van der Waals surface area contributed by atoms with Crippen molar-refractivity contribution < 1.29 is 14.0 Å². The van der Waals surface area contributed by atoms with Crippen molar-refractivity contribution in [3.8, 4) is 11.3 Å². The normalized spacial score (nSPS) is 10.6. The first kappa shape index (κ1) is 21.0. The molecule has 8 heteroatoms. The van der Waals surface area contributed by atoms with E-state index >= 15 is 0 Å². The molecule has 0 aliphatic carbocycles. The fourth-order valence-electron chi connectivity index (χ4n) is 2.48. The van der Waals surface area contributed by atoms with Crippen LogP contribution in [0.4, 0.5) is 10.5 Å². The van der Waals surface area contributed by atoms with Gasteiger partial charge in [0.15, 0.2) is 11.7 Å². The Balaban J connectivity index is 1.56. The van der Waals surface area contributed by atoms with E-state index in [1.54, 1.807) is 44.6 Å². The number of nitrogens with one attached hydrogen (secondary N) is 1. The third-order valence-electron chi connectivity index (χ3n) is 3.95. The summed E-state index contributed by atoms with van der Waals surface area (Å²) in [5.41, 5.74) is 1.40. The van der Waals surface area contributed by atoms with Crippen molar-refractivity contribution in [2.24, 2.45) is 0 Å². The van der Waals surface area contributed by atoms with Gasteiger partial charge in [0.2, 0.25) is 5.91 Å². The summed E-state index contributed by atoms with van der Waals surface area (Å²) in [6.45, 7) is 0. The van der Waals surface area contributed by atoms with Crippen molar-refractivity contribution in [2.45, 2.75) is 17.7 Å². The summed E-state index contributed by atoms with van der Waals surface area (Å²) < 4.78 is 5.72. The summed E-state index contributed by atoms with van der Waals surface area (Å²) in [4.78, 5) is 30.6. The van der Waals surface area contributed by atoms with Crippen LogP contribution in [-0.4, -0.2) is 35.1 Å². The van der Waals surface area contributed by atoms with Crippen molar-refractivity contribution in [1.29, 1.82) is 0 Å². The Hall–Kier alpha value is -2.77. The highest BCUT2D eigenvalue weighted by molar-refractivity contribution is 8.13. The second-order valence-corrected chi connectivity index (χ2v) is 7.87. The first-order chi connectivity index (χ1) is 13.9. The number of aromatic nitrogens is 1. The highest BCUT2D eigenvalue weighted by Crippen LogP contribution is 2.28. The van der Waals surface area contributed by atoms with Gasteiger partial charge >= 0.3 is 0 Å². The number of oxazole rings is 1. The Morgan fingerprint density at radius 1 is 1.17 bits per heavy atom. The second-order valence-electron chi connectivity index (χ2n) is 6.44. The highest BCUT2D eigenvalue weighted by Gasteiger charge is 2.12. The maximum Gasteiger partial charge on any atom is 0.285 e. The van der Waals surface area contributed by atoms with E-state index in [2.05, 4.69) is 10.3 Å². The van der Waals surface area contributed by atoms with Crippen LogP contribution in [0.3, 0.4) is 0 Å². The molecule has 0 fully saturated rings. The first-order valence-corrected chi connectivity index (χ1v) is 10.1. The first-order valence-electron chi connectivity index (χ1n) is 8.91. The van der Waals surface area contributed by atoms with E-state index < -0.39 is 0 Å². The molecule has 1 N–H and O–H groups in total. The number of rotatable bonds is 6. The Labute approximate surface area is 178 Å². The monoisotopic (exact) mass is 429 g/mol. The molecule has 0 atom stereocenters. The number of amides is 2. The van der Waals surface area contributed by atoms with Crippen LogP contribution in [0.25, 0.3) is 11.3 Å². The molecular formula is C21H20ClN3O3S. The minimum atomic E-state index is -0.163. The minimum Gasteiger partial charge on any atom is -0.441 e. The molecule has 2 aromatic carbocycles. The molecule has 0 bridgehead atoms. The molecule has 0 unspecified atom stereocenters. The number of carbonyl (C=O) groups is 2. The fourth-order valence-corrected chi connectivity index (χ4v) is 3.43.